The molecule has 1 amide bonds. The summed E-state index contributed by atoms with van der Waals surface area (Å²) in [5.74, 6) is 0.602. The molecule has 0 fully saturated rings. The van der Waals surface area contributed by atoms with Crippen molar-refractivity contribution in [3.63, 3.8) is 0 Å². The van der Waals surface area contributed by atoms with Gasteiger partial charge in [0.25, 0.3) is 5.91 Å². The minimum absolute atomic E-state index is 0.0144. The van der Waals surface area contributed by atoms with Gasteiger partial charge >= 0.3 is 0 Å². The average molecular weight is 359 g/mol. The van der Waals surface area contributed by atoms with Crippen molar-refractivity contribution in [2.24, 2.45) is 0 Å². The number of rotatable bonds is 6. The van der Waals surface area contributed by atoms with Crippen LogP contribution in [0.25, 0.3) is 0 Å². The van der Waals surface area contributed by atoms with Crippen LogP contribution in [0.3, 0.4) is 0 Å². The van der Waals surface area contributed by atoms with Gasteiger partial charge in [-0.15, -0.1) is 0 Å². The van der Waals surface area contributed by atoms with Crippen LogP contribution in [0.15, 0.2) is 72.8 Å². The first kappa shape index (κ1) is 18.7. The molecule has 1 N–H and O–H groups in total. The highest BCUT2D eigenvalue weighted by Crippen LogP contribution is 2.25. The predicted molar refractivity (Wildman–Crippen MR) is 109 cm³/mol. The number of nitrogens with one attached hydrogen (secondary N) is 1. The van der Waals surface area contributed by atoms with Gasteiger partial charge in [0.1, 0.15) is 5.75 Å². The van der Waals surface area contributed by atoms with E-state index < -0.39 is 0 Å². The zero-order valence-electron chi connectivity index (χ0n) is 16.0. The molecule has 0 aliphatic rings. The van der Waals surface area contributed by atoms with E-state index in [1.165, 1.54) is 0 Å². The van der Waals surface area contributed by atoms with Gasteiger partial charge in [-0.2, -0.15) is 0 Å². The van der Waals surface area contributed by atoms with Gasteiger partial charge in [0.2, 0.25) is 0 Å². The summed E-state index contributed by atoms with van der Waals surface area (Å²) in [4.78, 5) is 12.6. The molecule has 138 valence electrons. The lowest BCUT2D eigenvalue weighted by Crippen LogP contribution is -2.33. The maximum Gasteiger partial charge on any atom is 0.258 e. The van der Waals surface area contributed by atoms with Crippen LogP contribution in [0.1, 0.15) is 33.9 Å². The summed E-state index contributed by atoms with van der Waals surface area (Å²) in [6.45, 7) is 6.03. The standard InChI is InChI=1S/C24H25NO2/c1-17-13-14-19(3)22(15-17)27-16-23(26)25-24(20-10-5-4-6-11-20)21-12-8-7-9-18(21)2/h4-15,24H,16H2,1-3H3,(H,25,26)/t24-/m0/s1. The third-order valence-electron chi connectivity index (χ3n) is 4.64. The molecule has 0 aliphatic carbocycles. The summed E-state index contributed by atoms with van der Waals surface area (Å²) >= 11 is 0. The zero-order valence-corrected chi connectivity index (χ0v) is 16.0. The first-order valence-corrected chi connectivity index (χ1v) is 9.14. The second-order valence-electron chi connectivity index (χ2n) is 6.83. The lowest BCUT2D eigenvalue weighted by molar-refractivity contribution is -0.123. The SMILES string of the molecule is Cc1ccc(C)c(OCC(=O)N[C@@H](c2ccccc2)c2ccccc2C)c1. The van der Waals surface area contributed by atoms with Crippen LogP contribution in [0.5, 0.6) is 5.75 Å². The summed E-state index contributed by atoms with van der Waals surface area (Å²) in [6, 6.07) is 23.9. The Morgan fingerprint density at radius 3 is 2.33 bits per heavy atom. The van der Waals surface area contributed by atoms with E-state index in [4.69, 9.17) is 4.74 Å². The lowest BCUT2D eigenvalue weighted by atomic mass is 9.95. The van der Waals surface area contributed by atoms with E-state index in [1.54, 1.807) is 0 Å². The number of benzene rings is 3. The monoisotopic (exact) mass is 359 g/mol. The Morgan fingerprint density at radius 2 is 1.59 bits per heavy atom. The second-order valence-corrected chi connectivity index (χ2v) is 6.83. The van der Waals surface area contributed by atoms with Gasteiger partial charge in [-0.1, -0.05) is 66.7 Å². The molecule has 0 heterocycles. The molecule has 1 atom stereocenters. The third kappa shape index (κ3) is 4.76. The normalized spacial score (nSPS) is 11.7. The Morgan fingerprint density at radius 1 is 0.889 bits per heavy atom. The first-order valence-electron chi connectivity index (χ1n) is 9.14. The number of hydrogen-bond acceptors (Lipinski definition) is 2. The average Bonchev–Trinajstić information content (AvgIpc) is 2.68. The largest absolute Gasteiger partial charge is 0.483 e. The van der Waals surface area contributed by atoms with Gasteiger partial charge in [-0.3, -0.25) is 4.79 Å². The highest BCUT2D eigenvalue weighted by atomic mass is 16.5. The fraction of sp³-hybridized carbons (Fsp3) is 0.208. The lowest BCUT2D eigenvalue weighted by Gasteiger charge is -2.22. The molecule has 0 radical (unpaired) electrons. The van der Waals surface area contributed by atoms with Gasteiger partial charge < -0.3 is 10.1 Å². The second kappa shape index (κ2) is 8.54. The maximum atomic E-state index is 12.6. The van der Waals surface area contributed by atoms with Crippen molar-refractivity contribution >= 4 is 5.91 Å². The van der Waals surface area contributed by atoms with Gasteiger partial charge in [0.15, 0.2) is 6.61 Å². The first-order chi connectivity index (χ1) is 13.0. The van der Waals surface area contributed by atoms with Crippen molar-refractivity contribution in [1.82, 2.24) is 5.32 Å². The van der Waals surface area contributed by atoms with E-state index in [0.717, 1.165) is 33.6 Å². The Balaban J connectivity index is 1.77. The molecule has 0 aliphatic heterocycles. The molecule has 3 rings (SSSR count). The van der Waals surface area contributed by atoms with Crippen LogP contribution in [0, 0.1) is 20.8 Å². The topological polar surface area (TPSA) is 38.3 Å². The van der Waals surface area contributed by atoms with E-state index >= 15 is 0 Å². The van der Waals surface area contributed by atoms with Crippen LogP contribution in [0.4, 0.5) is 0 Å². The van der Waals surface area contributed by atoms with E-state index in [9.17, 15) is 4.79 Å². The zero-order chi connectivity index (χ0) is 19.2. The minimum atomic E-state index is -0.206. The molecule has 3 heteroatoms. The molecule has 3 aromatic rings. The quantitative estimate of drug-likeness (QED) is 0.680. The van der Waals surface area contributed by atoms with Crippen molar-refractivity contribution in [1.29, 1.82) is 0 Å². The summed E-state index contributed by atoms with van der Waals surface area (Å²) < 4.78 is 5.77. The Kier molecular flexibility index (Phi) is 5.92. The van der Waals surface area contributed by atoms with E-state index in [1.807, 2.05) is 74.5 Å². The summed E-state index contributed by atoms with van der Waals surface area (Å²) in [6.07, 6.45) is 0. The fourth-order valence-electron chi connectivity index (χ4n) is 3.11. The molecular weight excluding hydrogens is 334 g/mol. The van der Waals surface area contributed by atoms with Crippen LogP contribution in [-0.4, -0.2) is 12.5 Å². The molecule has 0 saturated heterocycles. The highest BCUT2D eigenvalue weighted by molar-refractivity contribution is 5.78. The van der Waals surface area contributed by atoms with Gasteiger partial charge in [0, 0.05) is 0 Å². The smallest absolute Gasteiger partial charge is 0.258 e. The predicted octanol–water partition coefficient (Wildman–Crippen LogP) is 4.90. The van der Waals surface area contributed by atoms with E-state index in [0.29, 0.717) is 0 Å². The van der Waals surface area contributed by atoms with Gasteiger partial charge in [-0.05, 0) is 54.7 Å². The van der Waals surface area contributed by atoms with Crippen LogP contribution >= 0.6 is 0 Å². The minimum Gasteiger partial charge on any atom is -0.483 e. The van der Waals surface area contributed by atoms with E-state index in [2.05, 4.69) is 24.4 Å². The molecule has 0 bridgehead atoms. The molecule has 27 heavy (non-hydrogen) atoms. The molecule has 0 saturated carbocycles. The van der Waals surface area contributed by atoms with Crippen molar-refractivity contribution < 1.29 is 9.53 Å². The Bertz CT molecular complexity index is 919. The number of hydrogen-bond donors (Lipinski definition) is 1. The van der Waals surface area contributed by atoms with Crippen LogP contribution in [-0.2, 0) is 4.79 Å². The molecular formula is C24H25NO2. The summed E-state index contributed by atoms with van der Waals surface area (Å²) in [5.41, 5.74) is 5.41. The molecule has 0 aromatic heterocycles. The van der Waals surface area contributed by atoms with Crippen molar-refractivity contribution in [2.75, 3.05) is 6.61 Å². The number of ether oxygens (including phenoxy) is 1. The van der Waals surface area contributed by atoms with Crippen LogP contribution < -0.4 is 10.1 Å². The summed E-state index contributed by atoms with van der Waals surface area (Å²) in [7, 11) is 0. The van der Waals surface area contributed by atoms with Crippen molar-refractivity contribution in [3.8, 4) is 5.75 Å². The van der Waals surface area contributed by atoms with E-state index in [-0.39, 0.29) is 18.6 Å². The summed E-state index contributed by atoms with van der Waals surface area (Å²) in [5, 5.41) is 3.13. The number of aryl methyl sites for hydroxylation is 3. The molecule has 3 nitrogen and oxygen atoms in total. The van der Waals surface area contributed by atoms with Gasteiger partial charge in [-0.25, -0.2) is 0 Å². The Hall–Kier alpha value is -3.07. The number of carbonyl (C=O) groups excluding carboxylic acids is 1. The molecule has 0 spiro atoms. The molecule has 3 aromatic carbocycles. The van der Waals surface area contributed by atoms with Crippen molar-refractivity contribution in [3.05, 3.63) is 101 Å². The van der Waals surface area contributed by atoms with Crippen molar-refractivity contribution in [2.45, 2.75) is 26.8 Å². The number of amides is 1. The molecule has 0 unspecified atom stereocenters. The maximum absolute atomic E-state index is 12.6. The Labute approximate surface area is 161 Å². The number of carbonyl (C=O) groups is 1. The van der Waals surface area contributed by atoms with Crippen LogP contribution in [0.2, 0.25) is 0 Å². The van der Waals surface area contributed by atoms with Gasteiger partial charge in [0.05, 0.1) is 6.04 Å². The third-order valence-corrected chi connectivity index (χ3v) is 4.64. The highest BCUT2D eigenvalue weighted by Gasteiger charge is 2.18. The fourth-order valence-corrected chi connectivity index (χ4v) is 3.11.